The minimum absolute atomic E-state index is 0.00748. The number of carbonyl (C=O) groups excluding carboxylic acids is 1. The first-order valence-corrected chi connectivity index (χ1v) is 6.37. The molecule has 5 heteroatoms. The molecule has 0 saturated heterocycles. The van der Waals surface area contributed by atoms with Crippen LogP contribution in [0.15, 0.2) is 24.3 Å². The molecular formula is C14H18N2O3. The van der Waals surface area contributed by atoms with Crippen molar-refractivity contribution in [1.82, 2.24) is 0 Å². The standard InChI is InChI=1S/C14H18N2O3/c1-16(13(17)11-3-2-4-12(11)15)10-7-5-9(6-8-10)14(18)19/h5-8,11-12H,2-4,15H2,1H3,(H,18,19). The van der Waals surface area contributed by atoms with Gasteiger partial charge in [0.25, 0.3) is 0 Å². The van der Waals surface area contributed by atoms with Crippen LogP contribution in [-0.4, -0.2) is 30.1 Å². The fraction of sp³-hybridized carbons (Fsp3) is 0.429. The highest BCUT2D eigenvalue weighted by Gasteiger charge is 2.32. The summed E-state index contributed by atoms with van der Waals surface area (Å²) in [6.07, 6.45) is 2.71. The van der Waals surface area contributed by atoms with Crippen molar-refractivity contribution in [2.75, 3.05) is 11.9 Å². The van der Waals surface area contributed by atoms with Crippen LogP contribution in [0.25, 0.3) is 0 Å². The van der Waals surface area contributed by atoms with Crippen LogP contribution in [-0.2, 0) is 4.79 Å². The third-order valence-electron chi connectivity index (χ3n) is 3.72. The molecule has 1 aromatic rings. The van der Waals surface area contributed by atoms with E-state index in [1.165, 1.54) is 12.1 Å². The Morgan fingerprint density at radius 3 is 2.37 bits per heavy atom. The van der Waals surface area contributed by atoms with Crippen LogP contribution >= 0.6 is 0 Å². The number of aromatic carboxylic acids is 1. The topological polar surface area (TPSA) is 83.6 Å². The van der Waals surface area contributed by atoms with Crippen LogP contribution in [0, 0.1) is 5.92 Å². The molecule has 1 aliphatic rings. The average molecular weight is 262 g/mol. The van der Waals surface area contributed by atoms with Gasteiger partial charge in [0.2, 0.25) is 5.91 Å². The predicted molar refractivity (Wildman–Crippen MR) is 72.1 cm³/mol. The first kappa shape index (κ1) is 13.5. The van der Waals surface area contributed by atoms with Gasteiger partial charge in [0, 0.05) is 18.8 Å². The number of hydrogen-bond acceptors (Lipinski definition) is 3. The summed E-state index contributed by atoms with van der Waals surface area (Å²) in [4.78, 5) is 24.6. The van der Waals surface area contributed by atoms with Gasteiger partial charge in [0.15, 0.2) is 0 Å². The molecule has 1 amide bonds. The second-order valence-corrected chi connectivity index (χ2v) is 4.95. The molecule has 0 aromatic heterocycles. The van der Waals surface area contributed by atoms with Gasteiger partial charge in [-0.3, -0.25) is 4.79 Å². The third kappa shape index (κ3) is 2.76. The quantitative estimate of drug-likeness (QED) is 0.864. The Balaban J connectivity index is 2.12. The molecule has 0 bridgehead atoms. The Morgan fingerprint density at radius 1 is 1.26 bits per heavy atom. The number of nitrogens with zero attached hydrogens (tertiary/aromatic N) is 1. The zero-order chi connectivity index (χ0) is 14.0. The number of rotatable bonds is 3. The molecule has 1 aliphatic carbocycles. The van der Waals surface area contributed by atoms with E-state index in [1.54, 1.807) is 24.1 Å². The first-order chi connectivity index (χ1) is 9.00. The van der Waals surface area contributed by atoms with Crippen molar-refractivity contribution in [1.29, 1.82) is 0 Å². The Hall–Kier alpha value is -1.88. The van der Waals surface area contributed by atoms with Crippen molar-refractivity contribution in [3.63, 3.8) is 0 Å². The van der Waals surface area contributed by atoms with Gasteiger partial charge in [-0.2, -0.15) is 0 Å². The molecule has 1 fully saturated rings. The number of carboxylic acids is 1. The minimum Gasteiger partial charge on any atom is -0.478 e. The highest BCUT2D eigenvalue weighted by atomic mass is 16.4. The summed E-state index contributed by atoms with van der Waals surface area (Å²) in [6.45, 7) is 0. The first-order valence-electron chi connectivity index (χ1n) is 6.37. The van der Waals surface area contributed by atoms with Gasteiger partial charge in [0.1, 0.15) is 0 Å². The van der Waals surface area contributed by atoms with Crippen LogP contribution in [0.1, 0.15) is 29.6 Å². The summed E-state index contributed by atoms with van der Waals surface area (Å²) in [6, 6.07) is 6.21. The van der Waals surface area contributed by atoms with Crippen molar-refractivity contribution in [3.05, 3.63) is 29.8 Å². The highest BCUT2D eigenvalue weighted by molar-refractivity contribution is 5.96. The molecule has 1 saturated carbocycles. The Labute approximate surface area is 112 Å². The van der Waals surface area contributed by atoms with Gasteiger partial charge >= 0.3 is 5.97 Å². The van der Waals surface area contributed by atoms with E-state index in [2.05, 4.69) is 0 Å². The molecule has 19 heavy (non-hydrogen) atoms. The van der Waals surface area contributed by atoms with Gasteiger partial charge in [-0.25, -0.2) is 4.79 Å². The normalized spacial score (nSPS) is 22.2. The summed E-state index contributed by atoms with van der Waals surface area (Å²) in [5.74, 6) is -1.09. The monoisotopic (exact) mass is 262 g/mol. The predicted octanol–water partition coefficient (Wildman–Crippen LogP) is 1.47. The number of hydrogen-bond donors (Lipinski definition) is 2. The number of amides is 1. The molecule has 0 spiro atoms. The summed E-state index contributed by atoms with van der Waals surface area (Å²) >= 11 is 0. The van der Waals surface area contributed by atoms with E-state index >= 15 is 0 Å². The van der Waals surface area contributed by atoms with Crippen molar-refractivity contribution >= 4 is 17.6 Å². The average Bonchev–Trinajstić information content (AvgIpc) is 2.83. The maximum Gasteiger partial charge on any atom is 0.335 e. The van der Waals surface area contributed by atoms with Crippen LogP contribution in [0.3, 0.4) is 0 Å². The maximum atomic E-state index is 12.3. The molecule has 0 radical (unpaired) electrons. The lowest BCUT2D eigenvalue weighted by Crippen LogP contribution is -2.39. The van der Waals surface area contributed by atoms with Crippen LogP contribution in [0.2, 0.25) is 0 Å². The van der Waals surface area contributed by atoms with Crippen LogP contribution < -0.4 is 10.6 Å². The van der Waals surface area contributed by atoms with E-state index in [4.69, 9.17) is 10.8 Å². The van der Waals surface area contributed by atoms with Gasteiger partial charge in [-0.15, -0.1) is 0 Å². The fourth-order valence-electron chi connectivity index (χ4n) is 2.50. The van der Waals surface area contributed by atoms with E-state index in [0.717, 1.165) is 19.3 Å². The van der Waals surface area contributed by atoms with Crippen LogP contribution in [0.5, 0.6) is 0 Å². The zero-order valence-corrected chi connectivity index (χ0v) is 10.9. The SMILES string of the molecule is CN(C(=O)C1CCCC1N)c1ccc(C(=O)O)cc1. The lowest BCUT2D eigenvalue weighted by atomic mass is 10.0. The second-order valence-electron chi connectivity index (χ2n) is 4.95. The maximum absolute atomic E-state index is 12.3. The third-order valence-corrected chi connectivity index (χ3v) is 3.72. The number of anilines is 1. The van der Waals surface area contributed by atoms with Gasteiger partial charge in [-0.05, 0) is 37.1 Å². The molecule has 0 aliphatic heterocycles. The van der Waals surface area contributed by atoms with Crippen molar-refractivity contribution in [2.24, 2.45) is 11.7 Å². The van der Waals surface area contributed by atoms with E-state index in [9.17, 15) is 9.59 Å². The Kier molecular flexibility index (Phi) is 3.85. The minimum atomic E-state index is -0.974. The van der Waals surface area contributed by atoms with Gasteiger partial charge in [0.05, 0.1) is 11.5 Å². The van der Waals surface area contributed by atoms with Crippen molar-refractivity contribution in [2.45, 2.75) is 25.3 Å². The Morgan fingerprint density at radius 2 is 1.89 bits per heavy atom. The lowest BCUT2D eigenvalue weighted by molar-refractivity contribution is -0.122. The van der Waals surface area contributed by atoms with Gasteiger partial charge in [-0.1, -0.05) is 6.42 Å². The molecule has 102 valence electrons. The molecule has 2 atom stereocenters. The highest BCUT2D eigenvalue weighted by Crippen LogP contribution is 2.27. The van der Waals surface area contributed by atoms with Crippen LogP contribution in [0.4, 0.5) is 5.69 Å². The van der Waals surface area contributed by atoms with E-state index in [1.807, 2.05) is 0 Å². The largest absolute Gasteiger partial charge is 0.478 e. The summed E-state index contributed by atoms with van der Waals surface area (Å²) in [5.41, 5.74) is 6.83. The molecule has 1 aromatic carbocycles. The second kappa shape index (κ2) is 5.40. The summed E-state index contributed by atoms with van der Waals surface area (Å²) < 4.78 is 0. The zero-order valence-electron chi connectivity index (χ0n) is 10.9. The molecule has 3 N–H and O–H groups in total. The molecule has 0 heterocycles. The van der Waals surface area contributed by atoms with E-state index in [0.29, 0.717) is 5.69 Å². The van der Waals surface area contributed by atoms with E-state index < -0.39 is 5.97 Å². The van der Waals surface area contributed by atoms with Crippen molar-refractivity contribution in [3.8, 4) is 0 Å². The smallest absolute Gasteiger partial charge is 0.335 e. The molecule has 5 nitrogen and oxygen atoms in total. The van der Waals surface area contributed by atoms with Crippen molar-refractivity contribution < 1.29 is 14.7 Å². The summed E-state index contributed by atoms with van der Waals surface area (Å²) in [7, 11) is 1.70. The lowest BCUT2D eigenvalue weighted by Gasteiger charge is -2.23. The fourth-order valence-corrected chi connectivity index (χ4v) is 2.50. The van der Waals surface area contributed by atoms with Gasteiger partial charge < -0.3 is 15.7 Å². The number of nitrogens with two attached hydrogens (primary N) is 1. The number of carboxylic acid groups (broad SMARTS) is 1. The Bertz CT molecular complexity index is 484. The summed E-state index contributed by atoms with van der Waals surface area (Å²) in [5, 5.41) is 8.83. The van der Waals surface area contributed by atoms with E-state index in [-0.39, 0.29) is 23.4 Å². The molecule has 2 rings (SSSR count). The number of carbonyl (C=O) groups is 2. The molecule has 2 unspecified atom stereocenters. The number of benzene rings is 1. The molecular weight excluding hydrogens is 244 g/mol.